The number of aromatic nitrogens is 5. The normalized spacial score (nSPS) is 18.8. The molecule has 0 unspecified atom stereocenters. The second-order valence-electron chi connectivity index (χ2n) is 13.2. The first-order valence-electron chi connectivity index (χ1n) is 14.0. The number of carbonyl (C=O) groups excluding carboxylic acids is 1. The van der Waals surface area contributed by atoms with E-state index in [1.54, 1.807) is 0 Å². The molecule has 1 fully saturated rings. The van der Waals surface area contributed by atoms with Crippen molar-refractivity contribution in [3.63, 3.8) is 0 Å². The van der Waals surface area contributed by atoms with Gasteiger partial charge in [-0.1, -0.05) is 25.7 Å². The molecule has 1 amide bonds. The van der Waals surface area contributed by atoms with Gasteiger partial charge in [0.15, 0.2) is 9.35 Å². The summed E-state index contributed by atoms with van der Waals surface area (Å²) in [4.78, 5) is 29.5. The van der Waals surface area contributed by atoms with Crippen LogP contribution in [0, 0.1) is 9.12 Å². The average molecular weight is 678 g/mol. The quantitative estimate of drug-likeness (QED) is 0.197. The molecule has 1 spiro atoms. The summed E-state index contributed by atoms with van der Waals surface area (Å²) < 4.78 is 14.2. The fourth-order valence-electron chi connectivity index (χ4n) is 5.60. The lowest BCUT2D eigenvalue weighted by Gasteiger charge is -2.43. The number of amides is 1. The predicted molar refractivity (Wildman–Crippen MR) is 166 cm³/mol. The summed E-state index contributed by atoms with van der Waals surface area (Å²) in [5.41, 5.74) is 3.02. The molecule has 1 saturated heterocycles. The molecule has 1 N–H and O–H groups in total. The molecule has 3 aromatic heterocycles. The van der Waals surface area contributed by atoms with Crippen molar-refractivity contribution < 1.29 is 14.3 Å². The maximum absolute atomic E-state index is 12.8. The lowest BCUT2D eigenvalue weighted by Crippen LogP contribution is -2.48. The zero-order valence-corrected chi connectivity index (χ0v) is 27.5. The van der Waals surface area contributed by atoms with Crippen LogP contribution in [0.1, 0.15) is 50.9 Å². The highest BCUT2D eigenvalue weighted by molar-refractivity contribution is 14.1. The number of nitrogens with one attached hydrogen (secondary N) is 1. The van der Waals surface area contributed by atoms with Gasteiger partial charge >= 0.3 is 6.09 Å². The van der Waals surface area contributed by atoms with Crippen LogP contribution >= 0.6 is 22.6 Å². The van der Waals surface area contributed by atoms with Gasteiger partial charge in [-0.3, -0.25) is 4.98 Å². The number of alkyl carbamates (subject to hydrolysis) is 1. The van der Waals surface area contributed by atoms with Crippen LogP contribution < -0.4 is 10.2 Å². The van der Waals surface area contributed by atoms with E-state index in [0.29, 0.717) is 6.73 Å². The lowest BCUT2D eigenvalue weighted by molar-refractivity contribution is 0.0428. The molecule has 0 radical (unpaired) electrons. The van der Waals surface area contributed by atoms with E-state index < -0.39 is 13.7 Å². The SMILES string of the molecule is CC(C)(C)OC(=O)N[C@@H]1c2cccnc2CC12CCN(c1cnc3c(I)nn(COCC[Si](C)(C)C)c3n1)CC2. The number of hydrogen-bond acceptors (Lipinski definition) is 8. The van der Waals surface area contributed by atoms with E-state index in [-0.39, 0.29) is 17.6 Å². The number of nitrogens with zero attached hydrogens (tertiary/aromatic N) is 6. The maximum atomic E-state index is 12.8. The van der Waals surface area contributed by atoms with Gasteiger partial charge in [0.25, 0.3) is 0 Å². The number of halogens is 1. The Morgan fingerprint density at radius 1 is 1.23 bits per heavy atom. The number of anilines is 1. The Hall–Kier alpha value is -2.32. The zero-order chi connectivity index (χ0) is 28.7. The molecule has 216 valence electrons. The van der Waals surface area contributed by atoms with Crippen LogP contribution in [0.4, 0.5) is 10.6 Å². The van der Waals surface area contributed by atoms with E-state index >= 15 is 0 Å². The van der Waals surface area contributed by atoms with E-state index in [1.165, 1.54) is 0 Å². The summed E-state index contributed by atoms with van der Waals surface area (Å²) in [5.74, 6) is 0.840. The van der Waals surface area contributed by atoms with Crippen molar-refractivity contribution >= 4 is 53.7 Å². The number of carbonyl (C=O) groups is 1. The van der Waals surface area contributed by atoms with Gasteiger partial charge in [0.1, 0.15) is 23.7 Å². The number of fused-ring (bicyclic) bond motifs is 2. The van der Waals surface area contributed by atoms with Gasteiger partial charge in [0, 0.05) is 45.1 Å². The van der Waals surface area contributed by atoms with Crippen LogP contribution in [-0.4, -0.2) is 64.2 Å². The van der Waals surface area contributed by atoms with Gasteiger partial charge in [-0.2, -0.15) is 5.10 Å². The maximum Gasteiger partial charge on any atom is 0.408 e. The van der Waals surface area contributed by atoms with Crippen LogP contribution in [0.25, 0.3) is 11.2 Å². The van der Waals surface area contributed by atoms with Crippen molar-refractivity contribution in [3.8, 4) is 0 Å². The number of rotatable bonds is 7. The topological polar surface area (TPSA) is 107 Å². The molecule has 10 nitrogen and oxygen atoms in total. The molecule has 40 heavy (non-hydrogen) atoms. The summed E-state index contributed by atoms with van der Waals surface area (Å²) >= 11 is 2.21. The molecule has 1 aliphatic heterocycles. The van der Waals surface area contributed by atoms with Crippen molar-refractivity contribution in [2.75, 3.05) is 24.6 Å². The minimum absolute atomic E-state index is 0.122. The first kappa shape index (κ1) is 29.2. The van der Waals surface area contributed by atoms with E-state index in [4.69, 9.17) is 19.4 Å². The number of pyridine rings is 1. The van der Waals surface area contributed by atoms with E-state index in [1.807, 2.05) is 43.9 Å². The first-order chi connectivity index (χ1) is 18.8. The molecule has 0 aromatic carbocycles. The van der Waals surface area contributed by atoms with Crippen LogP contribution in [-0.2, 0) is 22.6 Å². The lowest BCUT2D eigenvalue weighted by atomic mass is 9.73. The number of hydrogen-bond donors (Lipinski definition) is 1. The third-order valence-electron chi connectivity index (χ3n) is 7.71. The monoisotopic (exact) mass is 677 g/mol. The number of piperidine rings is 1. The molecule has 0 bridgehead atoms. The molecular weight excluding hydrogens is 637 g/mol. The highest BCUT2D eigenvalue weighted by Crippen LogP contribution is 2.51. The smallest absolute Gasteiger partial charge is 0.408 e. The van der Waals surface area contributed by atoms with E-state index in [2.05, 4.69) is 68.6 Å². The van der Waals surface area contributed by atoms with E-state index in [9.17, 15) is 4.79 Å². The Balaban J connectivity index is 1.31. The van der Waals surface area contributed by atoms with Gasteiger partial charge < -0.3 is 19.7 Å². The molecule has 12 heteroatoms. The van der Waals surface area contributed by atoms with Crippen molar-refractivity contribution in [2.24, 2.45) is 5.41 Å². The Morgan fingerprint density at radius 3 is 2.67 bits per heavy atom. The Morgan fingerprint density at radius 2 is 1.98 bits per heavy atom. The predicted octanol–water partition coefficient (Wildman–Crippen LogP) is 5.55. The average Bonchev–Trinajstić information content (AvgIpc) is 3.34. The molecule has 1 atom stereocenters. The highest BCUT2D eigenvalue weighted by Gasteiger charge is 2.49. The summed E-state index contributed by atoms with van der Waals surface area (Å²) in [7, 11) is -1.16. The standard InChI is InChI=1S/C28H40IN7O3Si/c1-27(2,3)39-26(37)33-23-19-8-7-11-30-20(19)16-28(23)9-12-35(13-10-28)21-17-31-22-24(29)34-36(25(22)32-21)18-38-14-15-40(4,5)6/h7-8,11,17,23H,9-10,12-16,18H2,1-6H3,(H,33,37)/t23-/m1/s1. The van der Waals surface area contributed by atoms with Crippen molar-refractivity contribution in [1.29, 1.82) is 0 Å². The third-order valence-corrected chi connectivity index (χ3v) is 10.1. The Bertz CT molecular complexity index is 1380. The molecule has 1 aliphatic carbocycles. The zero-order valence-electron chi connectivity index (χ0n) is 24.3. The molecule has 4 heterocycles. The molecular formula is C28H40IN7O3Si. The van der Waals surface area contributed by atoms with Crippen LogP contribution in [0.15, 0.2) is 24.5 Å². The van der Waals surface area contributed by atoms with Crippen LogP contribution in [0.3, 0.4) is 0 Å². The first-order valence-corrected chi connectivity index (χ1v) is 18.8. The molecule has 2 aliphatic rings. The van der Waals surface area contributed by atoms with Crippen LogP contribution in [0.2, 0.25) is 25.7 Å². The molecule has 3 aromatic rings. The van der Waals surface area contributed by atoms with Crippen LogP contribution in [0.5, 0.6) is 0 Å². The Labute approximate surface area is 250 Å². The molecule has 0 saturated carbocycles. The Kier molecular flexibility index (Phi) is 8.14. The minimum atomic E-state index is -1.16. The minimum Gasteiger partial charge on any atom is -0.444 e. The number of ether oxygens (including phenoxy) is 2. The van der Waals surface area contributed by atoms with E-state index in [0.717, 1.165) is 76.9 Å². The second kappa shape index (κ2) is 11.2. The summed E-state index contributed by atoms with van der Waals surface area (Å²) in [5, 5.41) is 7.84. The van der Waals surface area contributed by atoms with Gasteiger partial charge in [0.2, 0.25) is 0 Å². The van der Waals surface area contributed by atoms with Crippen molar-refractivity contribution in [2.45, 2.75) is 84.1 Å². The van der Waals surface area contributed by atoms with Crippen molar-refractivity contribution in [1.82, 2.24) is 30.0 Å². The summed E-state index contributed by atoms with van der Waals surface area (Å²) in [6, 6.07) is 5.00. The van der Waals surface area contributed by atoms with Crippen molar-refractivity contribution in [3.05, 3.63) is 39.5 Å². The summed E-state index contributed by atoms with van der Waals surface area (Å²) in [6.45, 7) is 15.4. The van der Waals surface area contributed by atoms with Gasteiger partial charge in [-0.15, -0.1) is 0 Å². The fourth-order valence-corrected chi connectivity index (χ4v) is 7.00. The second-order valence-corrected chi connectivity index (χ2v) is 19.8. The van der Waals surface area contributed by atoms with Gasteiger partial charge in [-0.25, -0.2) is 19.4 Å². The van der Waals surface area contributed by atoms with Gasteiger partial charge in [-0.05, 0) is 80.3 Å². The molecule has 5 rings (SSSR count). The fraction of sp³-hybridized carbons (Fsp3) is 0.607. The highest BCUT2D eigenvalue weighted by atomic mass is 127. The summed E-state index contributed by atoms with van der Waals surface area (Å²) in [6.07, 6.45) is 5.91. The third kappa shape index (κ3) is 6.43. The van der Waals surface area contributed by atoms with Gasteiger partial charge in [0.05, 0.1) is 12.2 Å². The largest absolute Gasteiger partial charge is 0.444 e.